The summed E-state index contributed by atoms with van der Waals surface area (Å²) in [5, 5.41) is 0. The van der Waals surface area contributed by atoms with Crippen molar-refractivity contribution in [1.82, 2.24) is 0 Å². The van der Waals surface area contributed by atoms with E-state index in [-0.39, 0.29) is 10.8 Å². The minimum absolute atomic E-state index is 0.153. The van der Waals surface area contributed by atoms with Crippen LogP contribution in [0, 0.1) is 5.82 Å². The fourth-order valence-corrected chi connectivity index (χ4v) is 3.90. The minimum Gasteiger partial charge on any atom is -0.493 e. The Morgan fingerprint density at radius 1 is 1.15 bits per heavy atom. The minimum atomic E-state index is -1.33. The molecule has 0 fully saturated rings. The maximum absolute atomic E-state index is 13.7. The Morgan fingerprint density at radius 2 is 1.90 bits per heavy atom. The van der Waals surface area contributed by atoms with Crippen LogP contribution < -0.4 is 4.74 Å². The first-order valence-electron chi connectivity index (χ1n) is 6.60. The molecule has 2 nitrogen and oxygen atoms in total. The topological polar surface area (TPSA) is 26.3 Å². The SMILES string of the molecule is O=S(CC1CCOc2ccccc21)c1ccccc1F. The maximum atomic E-state index is 13.7. The molecule has 1 aliphatic heterocycles. The molecule has 20 heavy (non-hydrogen) atoms. The van der Waals surface area contributed by atoms with E-state index in [4.69, 9.17) is 4.74 Å². The van der Waals surface area contributed by atoms with Crippen LogP contribution >= 0.6 is 0 Å². The van der Waals surface area contributed by atoms with Crippen LogP contribution in [0.1, 0.15) is 17.9 Å². The van der Waals surface area contributed by atoms with Crippen molar-refractivity contribution >= 4 is 10.8 Å². The molecule has 0 aromatic heterocycles. The molecule has 2 unspecified atom stereocenters. The molecule has 2 atom stereocenters. The largest absolute Gasteiger partial charge is 0.493 e. The van der Waals surface area contributed by atoms with E-state index in [2.05, 4.69) is 0 Å². The maximum Gasteiger partial charge on any atom is 0.139 e. The van der Waals surface area contributed by atoms with Gasteiger partial charge >= 0.3 is 0 Å². The molecule has 1 heterocycles. The smallest absolute Gasteiger partial charge is 0.139 e. The number of rotatable bonds is 3. The number of fused-ring (bicyclic) bond motifs is 1. The van der Waals surface area contributed by atoms with E-state index in [0.717, 1.165) is 17.7 Å². The van der Waals surface area contributed by atoms with E-state index >= 15 is 0 Å². The molecule has 2 aromatic rings. The van der Waals surface area contributed by atoms with E-state index in [0.29, 0.717) is 12.4 Å². The van der Waals surface area contributed by atoms with Crippen LogP contribution in [0.4, 0.5) is 4.39 Å². The van der Waals surface area contributed by atoms with E-state index in [9.17, 15) is 8.60 Å². The molecule has 0 radical (unpaired) electrons. The molecule has 104 valence electrons. The molecular weight excluding hydrogens is 275 g/mol. The highest BCUT2D eigenvalue weighted by molar-refractivity contribution is 7.85. The van der Waals surface area contributed by atoms with Crippen LogP contribution in [0.25, 0.3) is 0 Å². The summed E-state index contributed by atoms with van der Waals surface area (Å²) in [6.07, 6.45) is 0.817. The van der Waals surface area contributed by atoms with E-state index in [1.54, 1.807) is 18.2 Å². The number of halogens is 1. The second-order valence-corrected chi connectivity index (χ2v) is 6.28. The van der Waals surface area contributed by atoms with Crippen LogP contribution in [-0.4, -0.2) is 16.6 Å². The third-order valence-electron chi connectivity index (χ3n) is 3.52. The molecule has 0 amide bonds. The standard InChI is InChI=1S/C16H15FO2S/c17-14-6-2-4-8-16(14)20(18)11-12-9-10-19-15-7-3-1-5-13(12)15/h1-8,12H,9-11H2. The third-order valence-corrected chi connectivity index (χ3v) is 5.04. The molecular formula is C16H15FO2S. The van der Waals surface area contributed by atoms with Gasteiger partial charge in [-0.15, -0.1) is 0 Å². The molecule has 0 aliphatic carbocycles. The average Bonchev–Trinajstić information content (AvgIpc) is 2.48. The fraction of sp³-hybridized carbons (Fsp3) is 0.250. The second-order valence-electron chi connectivity index (χ2n) is 4.81. The van der Waals surface area contributed by atoms with Gasteiger partial charge in [0.25, 0.3) is 0 Å². The summed E-state index contributed by atoms with van der Waals surface area (Å²) in [5.41, 5.74) is 1.07. The molecule has 4 heteroatoms. The van der Waals surface area contributed by atoms with Crippen LogP contribution in [0.2, 0.25) is 0 Å². The Morgan fingerprint density at radius 3 is 2.75 bits per heavy atom. The molecule has 0 spiro atoms. The monoisotopic (exact) mass is 290 g/mol. The zero-order chi connectivity index (χ0) is 13.9. The molecule has 0 N–H and O–H groups in total. The lowest BCUT2D eigenvalue weighted by Gasteiger charge is -2.25. The molecule has 3 rings (SSSR count). The van der Waals surface area contributed by atoms with Gasteiger partial charge in [-0.1, -0.05) is 30.3 Å². The van der Waals surface area contributed by atoms with Gasteiger partial charge in [0, 0.05) is 11.7 Å². The highest BCUT2D eigenvalue weighted by Gasteiger charge is 2.24. The van der Waals surface area contributed by atoms with E-state index < -0.39 is 16.6 Å². The zero-order valence-corrected chi connectivity index (χ0v) is 11.7. The van der Waals surface area contributed by atoms with Gasteiger partial charge in [-0.3, -0.25) is 4.21 Å². The zero-order valence-electron chi connectivity index (χ0n) is 10.9. The van der Waals surface area contributed by atoms with Gasteiger partial charge in [0.05, 0.1) is 22.3 Å². The number of benzene rings is 2. The van der Waals surface area contributed by atoms with Crippen LogP contribution in [-0.2, 0) is 10.8 Å². The normalized spacial score (nSPS) is 18.9. The summed E-state index contributed by atoms with van der Waals surface area (Å²) < 4.78 is 31.6. The number of hydrogen-bond donors (Lipinski definition) is 0. The highest BCUT2D eigenvalue weighted by atomic mass is 32.2. The Labute approximate surface area is 120 Å². The average molecular weight is 290 g/mol. The van der Waals surface area contributed by atoms with Gasteiger partial charge in [0.2, 0.25) is 0 Å². The lowest BCUT2D eigenvalue weighted by molar-refractivity contribution is 0.273. The quantitative estimate of drug-likeness (QED) is 0.865. The van der Waals surface area contributed by atoms with Crippen molar-refractivity contribution in [2.75, 3.05) is 12.4 Å². The number of para-hydroxylation sites is 1. The number of hydrogen-bond acceptors (Lipinski definition) is 2. The van der Waals surface area contributed by atoms with Gasteiger partial charge in [-0.25, -0.2) is 4.39 Å². The van der Waals surface area contributed by atoms with E-state index in [1.807, 2.05) is 24.3 Å². The molecule has 2 aromatic carbocycles. The summed E-state index contributed by atoms with van der Waals surface area (Å²) in [6.45, 7) is 0.621. The summed E-state index contributed by atoms with van der Waals surface area (Å²) >= 11 is 0. The van der Waals surface area contributed by atoms with Crippen molar-refractivity contribution in [3.63, 3.8) is 0 Å². The number of ether oxygens (including phenoxy) is 1. The van der Waals surface area contributed by atoms with Crippen molar-refractivity contribution in [2.24, 2.45) is 0 Å². The van der Waals surface area contributed by atoms with Crippen molar-refractivity contribution in [3.8, 4) is 5.75 Å². The van der Waals surface area contributed by atoms with Crippen LogP contribution in [0.3, 0.4) is 0 Å². The molecule has 0 saturated heterocycles. The van der Waals surface area contributed by atoms with Gasteiger partial charge in [0.1, 0.15) is 11.6 Å². The van der Waals surface area contributed by atoms with Crippen LogP contribution in [0.15, 0.2) is 53.4 Å². The van der Waals surface area contributed by atoms with Gasteiger partial charge in [0.15, 0.2) is 0 Å². The second kappa shape index (κ2) is 5.75. The molecule has 0 saturated carbocycles. The fourth-order valence-electron chi connectivity index (χ4n) is 2.49. The predicted molar refractivity (Wildman–Crippen MR) is 77.0 cm³/mol. The first-order valence-corrected chi connectivity index (χ1v) is 7.92. The van der Waals surface area contributed by atoms with Crippen molar-refractivity contribution in [2.45, 2.75) is 17.2 Å². The summed E-state index contributed by atoms with van der Waals surface area (Å²) in [6, 6.07) is 14.1. The summed E-state index contributed by atoms with van der Waals surface area (Å²) in [7, 11) is -1.33. The lowest BCUT2D eigenvalue weighted by atomic mass is 9.95. The molecule has 0 bridgehead atoms. The van der Waals surface area contributed by atoms with E-state index in [1.165, 1.54) is 6.07 Å². The third kappa shape index (κ3) is 2.61. The summed E-state index contributed by atoms with van der Waals surface area (Å²) in [5.74, 6) is 1.04. The van der Waals surface area contributed by atoms with Gasteiger partial charge in [-0.05, 0) is 30.2 Å². The van der Waals surface area contributed by atoms with Crippen LogP contribution in [0.5, 0.6) is 5.75 Å². The van der Waals surface area contributed by atoms with Gasteiger partial charge in [-0.2, -0.15) is 0 Å². The first-order chi connectivity index (χ1) is 9.75. The lowest BCUT2D eigenvalue weighted by Crippen LogP contribution is -2.19. The first kappa shape index (κ1) is 13.3. The van der Waals surface area contributed by atoms with Crippen molar-refractivity contribution < 1.29 is 13.3 Å². The van der Waals surface area contributed by atoms with Gasteiger partial charge < -0.3 is 4.74 Å². The predicted octanol–water partition coefficient (Wildman–Crippen LogP) is 3.50. The molecule has 1 aliphatic rings. The highest BCUT2D eigenvalue weighted by Crippen LogP contribution is 2.34. The Kier molecular flexibility index (Phi) is 3.83. The van der Waals surface area contributed by atoms with Crippen molar-refractivity contribution in [1.29, 1.82) is 0 Å². The summed E-state index contributed by atoms with van der Waals surface area (Å²) in [4.78, 5) is 0.288. The van der Waals surface area contributed by atoms with Crippen molar-refractivity contribution in [3.05, 3.63) is 59.9 Å². The Balaban J connectivity index is 1.83. The Bertz CT molecular complexity index is 642. The Hall–Kier alpha value is -1.68.